The third-order valence-corrected chi connectivity index (χ3v) is 5.33. The van der Waals surface area contributed by atoms with Crippen LogP contribution in [0.4, 0.5) is 0 Å². The molecule has 0 saturated heterocycles. The Morgan fingerprint density at radius 2 is 1.65 bits per heavy atom. The summed E-state index contributed by atoms with van der Waals surface area (Å²) in [5, 5.41) is 3.85. The number of rotatable bonds is 4. The highest BCUT2D eigenvalue weighted by atomic mass is 79.9. The molecule has 2 nitrogen and oxygen atoms in total. The summed E-state index contributed by atoms with van der Waals surface area (Å²) in [6.07, 6.45) is 8.91. The molecule has 1 N–H and O–H groups in total. The second kappa shape index (κ2) is 12.1. The van der Waals surface area contributed by atoms with Crippen LogP contribution in [-0.2, 0) is 5.33 Å². The minimum atomic E-state index is 0. The molecular formula is C19H26Br2NO. The van der Waals surface area contributed by atoms with E-state index in [-0.39, 0.29) is 20.8 Å². The summed E-state index contributed by atoms with van der Waals surface area (Å²) in [5.74, 6) is 1.51. The first-order valence-electron chi connectivity index (χ1n) is 7.67. The molecule has 0 atom stereocenters. The molecule has 4 heteroatoms. The lowest BCUT2D eigenvalue weighted by Gasteiger charge is -2.19. The van der Waals surface area contributed by atoms with Crippen molar-refractivity contribution in [1.82, 2.24) is 5.32 Å². The molecule has 1 aromatic carbocycles. The Morgan fingerprint density at radius 1 is 1.04 bits per heavy atom. The first kappa shape index (κ1) is 22.6. The van der Waals surface area contributed by atoms with E-state index in [0.29, 0.717) is 0 Å². The van der Waals surface area contributed by atoms with Crippen molar-refractivity contribution in [3.8, 4) is 0 Å². The largest absolute Gasteiger partial charge is 0.351 e. The zero-order chi connectivity index (χ0) is 15.1. The molecular weight excluding hydrogens is 418 g/mol. The van der Waals surface area contributed by atoms with Crippen molar-refractivity contribution in [2.45, 2.75) is 50.3 Å². The third kappa shape index (κ3) is 7.38. The van der Waals surface area contributed by atoms with E-state index >= 15 is 0 Å². The fourth-order valence-electron chi connectivity index (χ4n) is 2.71. The van der Waals surface area contributed by atoms with Crippen LogP contribution in [0.1, 0.15) is 60.9 Å². The van der Waals surface area contributed by atoms with Gasteiger partial charge in [0.25, 0.3) is 5.91 Å². The van der Waals surface area contributed by atoms with Crippen LogP contribution in [0.3, 0.4) is 0 Å². The summed E-state index contributed by atoms with van der Waals surface area (Å²) in [5.41, 5.74) is 1.83. The van der Waals surface area contributed by atoms with Gasteiger partial charge in [0.2, 0.25) is 0 Å². The van der Waals surface area contributed by atoms with E-state index in [1.807, 2.05) is 18.2 Å². The Morgan fingerprint density at radius 3 is 2.26 bits per heavy atom. The number of hydrogen-bond donors (Lipinski definition) is 1. The summed E-state index contributed by atoms with van der Waals surface area (Å²) in [6, 6.07) is 5.89. The minimum Gasteiger partial charge on any atom is -0.351 e. The Balaban J connectivity index is 0.00000242. The van der Waals surface area contributed by atoms with Crippen molar-refractivity contribution in [1.29, 1.82) is 0 Å². The highest BCUT2D eigenvalue weighted by Crippen LogP contribution is 2.24. The molecule has 2 rings (SSSR count). The van der Waals surface area contributed by atoms with Crippen LogP contribution in [0.5, 0.6) is 0 Å². The van der Waals surface area contributed by atoms with E-state index < -0.39 is 0 Å². The van der Waals surface area contributed by atoms with Crippen LogP contribution in [0, 0.1) is 20.8 Å². The SMILES string of the molecule is O=C(NC[C]1CCCCCCC1)c1cc(CBr)ccc1Br.[CH2].[CH2]. The molecule has 0 heterocycles. The molecule has 1 aromatic rings. The molecule has 5 radical (unpaired) electrons. The molecule has 23 heavy (non-hydrogen) atoms. The van der Waals surface area contributed by atoms with Crippen LogP contribution in [0.15, 0.2) is 22.7 Å². The van der Waals surface area contributed by atoms with E-state index in [9.17, 15) is 4.79 Å². The van der Waals surface area contributed by atoms with Gasteiger partial charge in [-0.1, -0.05) is 69.0 Å². The zero-order valence-electron chi connectivity index (χ0n) is 13.7. The number of nitrogens with one attached hydrogen (secondary N) is 1. The van der Waals surface area contributed by atoms with Crippen LogP contribution < -0.4 is 5.32 Å². The van der Waals surface area contributed by atoms with Crippen molar-refractivity contribution < 1.29 is 4.79 Å². The summed E-state index contributed by atoms with van der Waals surface area (Å²) in [6.45, 7) is 0.726. The predicted octanol–water partition coefficient (Wildman–Crippen LogP) is 6.05. The lowest BCUT2D eigenvalue weighted by molar-refractivity contribution is 0.0953. The van der Waals surface area contributed by atoms with Gasteiger partial charge in [0.05, 0.1) is 5.56 Å². The van der Waals surface area contributed by atoms with Crippen LogP contribution in [-0.4, -0.2) is 12.5 Å². The maximum absolute atomic E-state index is 12.4. The van der Waals surface area contributed by atoms with Gasteiger partial charge >= 0.3 is 0 Å². The Labute approximate surface area is 159 Å². The monoisotopic (exact) mass is 442 g/mol. The van der Waals surface area contributed by atoms with Gasteiger partial charge in [0, 0.05) is 16.3 Å². The maximum atomic E-state index is 12.4. The van der Waals surface area contributed by atoms with E-state index in [1.165, 1.54) is 50.9 Å². The highest BCUT2D eigenvalue weighted by molar-refractivity contribution is 9.10. The molecule has 1 amide bonds. The number of carbonyl (C=O) groups excluding carboxylic acids is 1. The van der Waals surface area contributed by atoms with Gasteiger partial charge in [-0.05, 0) is 52.4 Å². The van der Waals surface area contributed by atoms with E-state index in [1.54, 1.807) is 0 Å². The van der Waals surface area contributed by atoms with Crippen molar-refractivity contribution in [2.75, 3.05) is 6.54 Å². The Kier molecular flexibility index (Phi) is 11.9. The number of hydrogen-bond acceptors (Lipinski definition) is 1. The number of halogens is 2. The molecule has 1 aliphatic carbocycles. The van der Waals surface area contributed by atoms with Crippen LogP contribution in [0.2, 0.25) is 0 Å². The lowest BCUT2D eigenvalue weighted by Crippen LogP contribution is -2.29. The summed E-state index contributed by atoms with van der Waals surface area (Å²) in [7, 11) is 0. The third-order valence-electron chi connectivity index (χ3n) is 3.99. The van der Waals surface area contributed by atoms with Gasteiger partial charge < -0.3 is 5.32 Å². The first-order valence-corrected chi connectivity index (χ1v) is 9.58. The molecule has 127 valence electrons. The highest BCUT2D eigenvalue weighted by Gasteiger charge is 2.15. The number of carbonyl (C=O) groups is 1. The molecule has 1 fully saturated rings. The fraction of sp³-hybridized carbons (Fsp3) is 0.474. The Hall–Kier alpha value is -0.350. The summed E-state index contributed by atoms with van der Waals surface area (Å²) >= 11 is 6.90. The van der Waals surface area contributed by atoms with Crippen LogP contribution >= 0.6 is 31.9 Å². The first-order chi connectivity index (χ1) is 10.2. The van der Waals surface area contributed by atoms with Gasteiger partial charge in [0.15, 0.2) is 0 Å². The number of benzene rings is 1. The molecule has 0 unspecified atom stereocenters. The van der Waals surface area contributed by atoms with Crippen LogP contribution in [0.25, 0.3) is 0 Å². The summed E-state index contributed by atoms with van der Waals surface area (Å²) < 4.78 is 0.854. The van der Waals surface area contributed by atoms with Crippen molar-refractivity contribution in [2.24, 2.45) is 0 Å². The van der Waals surface area contributed by atoms with Crippen molar-refractivity contribution >= 4 is 37.8 Å². The second-order valence-corrected chi connectivity index (χ2v) is 7.06. The summed E-state index contributed by atoms with van der Waals surface area (Å²) in [4.78, 5) is 12.4. The number of amides is 1. The fourth-order valence-corrected chi connectivity index (χ4v) is 3.49. The predicted molar refractivity (Wildman–Crippen MR) is 105 cm³/mol. The number of alkyl halides is 1. The second-order valence-electron chi connectivity index (χ2n) is 5.65. The maximum Gasteiger partial charge on any atom is 0.252 e. The normalized spacial score (nSPS) is 15.6. The van der Waals surface area contributed by atoms with Crippen molar-refractivity contribution in [3.63, 3.8) is 0 Å². The van der Waals surface area contributed by atoms with Gasteiger partial charge in [0.1, 0.15) is 0 Å². The van der Waals surface area contributed by atoms with E-state index in [0.717, 1.165) is 27.5 Å². The molecule has 0 aromatic heterocycles. The molecule has 0 spiro atoms. The molecule has 0 bridgehead atoms. The van der Waals surface area contributed by atoms with Gasteiger partial charge in [-0.25, -0.2) is 0 Å². The van der Waals surface area contributed by atoms with Gasteiger partial charge in [-0.3, -0.25) is 4.79 Å². The Bertz CT molecular complexity index is 468. The smallest absolute Gasteiger partial charge is 0.252 e. The zero-order valence-corrected chi connectivity index (χ0v) is 16.8. The topological polar surface area (TPSA) is 29.1 Å². The molecule has 1 aliphatic rings. The average Bonchev–Trinajstić information content (AvgIpc) is 2.46. The minimum absolute atomic E-state index is 0. The standard InChI is InChI=1S/C17H22Br2NO.2CH2/c18-11-14-8-9-16(19)15(10-14)17(21)20-12-13-6-4-2-1-3-5-7-13;;/h8-10H,1-7,11-12H2,(H,20,21);2*1H2. The quantitative estimate of drug-likeness (QED) is 0.564. The molecule has 1 saturated carbocycles. The van der Waals surface area contributed by atoms with Gasteiger partial charge in [-0.15, -0.1) is 0 Å². The molecule has 0 aliphatic heterocycles. The van der Waals surface area contributed by atoms with Gasteiger partial charge in [-0.2, -0.15) is 0 Å². The average molecular weight is 444 g/mol. The van der Waals surface area contributed by atoms with Crippen molar-refractivity contribution in [3.05, 3.63) is 54.6 Å². The lowest BCUT2D eigenvalue weighted by atomic mass is 9.91. The van der Waals surface area contributed by atoms with E-state index in [2.05, 4.69) is 37.2 Å². The van der Waals surface area contributed by atoms with E-state index in [4.69, 9.17) is 0 Å².